The lowest BCUT2D eigenvalue weighted by molar-refractivity contribution is -0.115. The molecule has 3 nitrogen and oxygen atoms in total. The van der Waals surface area contributed by atoms with Crippen molar-refractivity contribution in [2.24, 2.45) is 0 Å². The third-order valence-corrected chi connectivity index (χ3v) is 3.18. The number of amides is 1. The van der Waals surface area contributed by atoms with E-state index in [1.165, 1.54) is 0 Å². The van der Waals surface area contributed by atoms with Crippen molar-refractivity contribution in [2.75, 3.05) is 12.4 Å². The molecule has 0 bridgehead atoms. The summed E-state index contributed by atoms with van der Waals surface area (Å²) in [6.07, 6.45) is 0. The second-order valence-corrected chi connectivity index (χ2v) is 4.44. The normalized spacial score (nSPS) is 9.94. The molecular formula is C11H11BrClNO2. The molecule has 0 aromatic heterocycles. The van der Waals surface area contributed by atoms with Crippen LogP contribution in [0, 0.1) is 6.92 Å². The highest BCUT2D eigenvalue weighted by Crippen LogP contribution is 2.17. The summed E-state index contributed by atoms with van der Waals surface area (Å²) in [5, 5.41) is 2.50. The van der Waals surface area contributed by atoms with Gasteiger partial charge in [0.15, 0.2) is 5.78 Å². The molecule has 1 aromatic rings. The number of aryl methyl sites for hydroxylation is 1. The second-order valence-electron chi connectivity index (χ2n) is 3.32. The van der Waals surface area contributed by atoms with Crippen LogP contribution in [0.2, 0.25) is 0 Å². The predicted molar refractivity (Wildman–Crippen MR) is 66.9 cm³/mol. The van der Waals surface area contributed by atoms with Gasteiger partial charge in [0.2, 0.25) is 0 Å². The first-order valence-electron chi connectivity index (χ1n) is 4.66. The molecule has 0 aliphatic rings. The highest BCUT2D eigenvalue weighted by molar-refractivity contribution is 9.10. The fourth-order valence-electron chi connectivity index (χ4n) is 1.06. The summed E-state index contributed by atoms with van der Waals surface area (Å²) in [6, 6.07) is 5.26. The van der Waals surface area contributed by atoms with Gasteiger partial charge in [0, 0.05) is 10.0 Å². The summed E-state index contributed by atoms with van der Waals surface area (Å²) >= 11 is 8.66. The van der Waals surface area contributed by atoms with Gasteiger partial charge >= 0.3 is 0 Å². The standard InChI is InChI=1S/C11H11BrClNO2/c1-7-2-3-8(4-10(7)12)11(16)14-6-9(15)5-13/h2-4H,5-6H2,1H3,(H,14,16). The minimum absolute atomic E-state index is 0.0339. The van der Waals surface area contributed by atoms with Gasteiger partial charge in [0.1, 0.15) is 0 Å². The van der Waals surface area contributed by atoms with Crippen molar-refractivity contribution >= 4 is 39.2 Å². The lowest BCUT2D eigenvalue weighted by Crippen LogP contribution is -2.30. The van der Waals surface area contributed by atoms with Crippen LogP contribution in [-0.4, -0.2) is 24.1 Å². The van der Waals surface area contributed by atoms with E-state index in [1.807, 2.05) is 13.0 Å². The summed E-state index contributed by atoms with van der Waals surface area (Å²) < 4.78 is 0.865. The maximum Gasteiger partial charge on any atom is 0.251 e. The quantitative estimate of drug-likeness (QED) is 0.868. The molecule has 86 valence electrons. The van der Waals surface area contributed by atoms with Crippen molar-refractivity contribution in [2.45, 2.75) is 6.92 Å². The Morgan fingerprint density at radius 2 is 2.12 bits per heavy atom. The molecule has 0 fully saturated rings. The predicted octanol–water partition coefficient (Wildman–Crippen LogP) is 2.30. The van der Waals surface area contributed by atoms with Crippen molar-refractivity contribution in [3.8, 4) is 0 Å². The zero-order valence-electron chi connectivity index (χ0n) is 8.72. The molecule has 1 N–H and O–H groups in total. The van der Waals surface area contributed by atoms with Crippen LogP contribution in [0.15, 0.2) is 22.7 Å². The Bertz CT molecular complexity index is 420. The zero-order valence-corrected chi connectivity index (χ0v) is 11.1. The molecule has 1 rings (SSSR count). The Kier molecular flexibility index (Phi) is 4.96. The molecule has 16 heavy (non-hydrogen) atoms. The Labute approximate surface area is 107 Å². The number of carbonyl (C=O) groups excluding carboxylic acids is 2. The van der Waals surface area contributed by atoms with Gasteiger partial charge in [-0.1, -0.05) is 22.0 Å². The molecule has 0 spiro atoms. The molecule has 1 aromatic carbocycles. The fraction of sp³-hybridized carbons (Fsp3) is 0.273. The van der Waals surface area contributed by atoms with Crippen LogP contribution in [0.25, 0.3) is 0 Å². The Morgan fingerprint density at radius 1 is 1.44 bits per heavy atom. The van der Waals surface area contributed by atoms with Gasteiger partial charge in [-0.3, -0.25) is 9.59 Å². The number of halogens is 2. The number of rotatable bonds is 4. The molecule has 5 heteroatoms. The smallest absolute Gasteiger partial charge is 0.251 e. The number of Topliss-reactive ketones (excluding diaryl/α,β-unsaturated/α-hetero) is 1. The van der Waals surface area contributed by atoms with E-state index in [1.54, 1.807) is 12.1 Å². The Hall–Kier alpha value is -0.870. The van der Waals surface area contributed by atoms with Gasteiger partial charge in [-0.05, 0) is 24.6 Å². The third kappa shape index (κ3) is 3.61. The van der Waals surface area contributed by atoms with E-state index in [9.17, 15) is 9.59 Å². The molecule has 0 atom stereocenters. The molecule has 0 aliphatic heterocycles. The van der Waals surface area contributed by atoms with E-state index in [0.29, 0.717) is 5.56 Å². The number of nitrogens with one attached hydrogen (secondary N) is 1. The highest BCUT2D eigenvalue weighted by atomic mass is 79.9. The summed E-state index contributed by atoms with van der Waals surface area (Å²) in [7, 11) is 0. The molecule has 1 amide bonds. The van der Waals surface area contributed by atoms with Crippen molar-refractivity contribution in [1.82, 2.24) is 5.32 Å². The summed E-state index contributed by atoms with van der Waals surface area (Å²) in [4.78, 5) is 22.5. The lowest BCUT2D eigenvalue weighted by Gasteiger charge is -2.05. The molecule has 0 saturated heterocycles. The van der Waals surface area contributed by atoms with Crippen LogP contribution in [-0.2, 0) is 4.79 Å². The van der Waals surface area contributed by atoms with E-state index in [4.69, 9.17) is 11.6 Å². The highest BCUT2D eigenvalue weighted by Gasteiger charge is 2.08. The number of hydrogen-bond acceptors (Lipinski definition) is 2. The Balaban J connectivity index is 2.66. The van der Waals surface area contributed by atoms with Crippen LogP contribution in [0.5, 0.6) is 0 Å². The minimum atomic E-state index is -0.279. The van der Waals surface area contributed by atoms with E-state index in [2.05, 4.69) is 21.2 Å². The summed E-state index contributed by atoms with van der Waals surface area (Å²) in [6.45, 7) is 1.90. The van der Waals surface area contributed by atoms with Gasteiger partial charge < -0.3 is 5.32 Å². The monoisotopic (exact) mass is 303 g/mol. The number of alkyl halides is 1. The van der Waals surface area contributed by atoms with E-state index >= 15 is 0 Å². The maximum absolute atomic E-state index is 11.6. The van der Waals surface area contributed by atoms with Gasteiger partial charge in [0.05, 0.1) is 12.4 Å². The molecule has 0 saturated carbocycles. The SMILES string of the molecule is Cc1ccc(C(=O)NCC(=O)CCl)cc1Br. The van der Waals surface area contributed by atoms with E-state index in [-0.39, 0.29) is 24.1 Å². The van der Waals surface area contributed by atoms with Crippen LogP contribution < -0.4 is 5.32 Å². The van der Waals surface area contributed by atoms with Gasteiger partial charge in [-0.2, -0.15) is 0 Å². The average Bonchev–Trinajstić information content (AvgIpc) is 2.29. The fourth-order valence-corrected chi connectivity index (χ4v) is 1.54. The first kappa shape index (κ1) is 13.2. The van der Waals surface area contributed by atoms with Gasteiger partial charge in [-0.25, -0.2) is 0 Å². The van der Waals surface area contributed by atoms with Crippen LogP contribution in [0.4, 0.5) is 0 Å². The van der Waals surface area contributed by atoms with Crippen molar-refractivity contribution < 1.29 is 9.59 Å². The first-order chi connectivity index (χ1) is 7.54. The van der Waals surface area contributed by atoms with Crippen molar-refractivity contribution in [3.63, 3.8) is 0 Å². The molecule has 0 aliphatic carbocycles. The van der Waals surface area contributed by atoms with E-state index < -0.39 is 0 Å². The number of ketones is 1. The third-order valence-electron chi connectivity index (χ3n) is 2.03. The minimum Gasteiger partial charge on any atom is -0.345 e. The van der Waals surface area contributed by atoms with Gasteiger partial charge in [0.25, 0.3) is 5.91 Å². The molecule has 0 heterocycles. The van der Waals surface area contributed by atoms with Crippen molar-refractivity contribution in [1.29, 1.82) is 0 Å². The topological polar surface area (TPSA) is 46.2 Å². The number of hydrogen-bond donors (Lipinski definition) is 1. The van der Waals surface area contributed by atoms with Crippen LogP contribution in [0.3, 0.4) is 0 Å². The molecule has 0 radical (unpaired) electrons. The lowest BCUT2D eigenvalue weighted by atomic mass is 10.1. The van der Waals surface area contributed by atoms with Crippen LogP contribution in [0.1, 0.15) is 15.9 Å². The Morgan fingerprint density at radius 3 is 2.69 bits per heavy atom. The second kappa shape index (κ2) is 6.01. The largest absolute Gasteiger partial charge is 0.345 e. The van der Waals surface area contributed by atoms with E-state index in [0.717, 1.165) is 10.0 Å². The number of carbonyl (C=O) groups is 2. The summed E-state index contributed by atoms with van der Waals surface area (Å²) in [5.41, 5.74) is 1.56. The molecule has 0 unspecified atom stereocenters. The molecular weight excluding hydrogens is 293 g/mol. The summed E-state index contributed by atoms with van der Waals surface area (Å²) in [5.74, 6) is -0.571. The van der Waals surface area contributed by atoms with Gasteiger partial charge in [-0.15, -0.1) is 11.6 Å². The van der Waals surface area contributed by atoms with Crippen molar-refractivity contribution in [3.05, 3.63) is 33.8 Å². The first-order valence-corrected chi connectivity index (χ1v) is 5.99. The maximum atomic E-state index is 11.6. The average molecular weight is 305 g/mol. The van der Waals surface area contributed by atoms with Crippen LogP contribution >= 0.6 is 27.5 Å². The zero-order chi connectivity index (χ0) is 12.1. The number of benzene rings is 1.